The number of para-hydroxylation sites is 2. The number of halogens is 1. The Morgan fingerprint density at radius 3 is 2.73 bits per heavy atom. The number of imidazole rings is 2. The van der Waals surface area contributed by atoms with Gasteiger partial charge in [0.1, 0.15) is 11.6 Å². The summed E-state index contributed by atoms with van der Waals surface area (Å²) in [4.78, 5) is 15.2. The van der Waals surface area contributed by atoms with Gasteiger partial charge in [-0.25, -0.2) is 14.4 Å². The van der Waals surface area contributed by atoms with Crippen LogP contribution in [0.4, 0.5) is 10.3 Å². The molecule has 3 N–H and O–H groups in total. The molecule has 0 aliphatic rings. The Balaban J connectivity index is 1.45. The summed E-state index contributed by atoms with van der Waals surface area (Å²) in [5, 5.41) is 3.24. The third-order valence-electron chi connectivity index (χ3n) is 3.54. The summed E-state index contributed by atoms with van der Waals surface area (Å²) in [5.41, 5.74) is 3.44. The Morgan fingerprint density at radius 2 is 1.82 bits per heavy atom. The van der Waals surface area contributed by atoms with E-state index in [1.807, 2.05) is 24.3 Å². The van der Waals surface area contributed by atoms with Crippen LogP contribution in [0.1, 0.15) is 5.82 Å². The molecule has 0 saturated carbocycles. The number of aromatic nitrogens is 4. The predicted molar refractivity (Wildman–Crippen MR) is 84.3 cm³/mol. The van der Waals surface area contributed by atoms with Crippen molar-refractivity contribution in [2.24, 2.45) is 0 Å². The summed E-state index contributed by atoms with van der Waals surface area (Å²) in [6.45, 7) is 0.683. The van der Waals surface area contributed by atoms with Crippen molar-refractivity contribution >= 4 is 28.0 Å². The lowest BCUT2D eigenvalue weighted by Crippen LogP contribution is -2.06. The molecular weight excluding hydrogens is 281 g/mol. The number of aromatic amines is 2. The van der Waals surface area contributed by atoms with E-state index in [1.165, 1.54) is 12.1 Å². The monoisotopic (exact) mass is 295 g/mol. The second-order valence-corrected chi connectivity index (χ2v) is 5.12. The molecule has 0 unspecified atom stereocenters. The van der Waals surface area contributed by atoms with E-state index in [2.05, 4.69) is 25.3 Å². The quantitative estimate of drug-likeness (QED) is 0.541. The molecule has 2 aromatic carbocycles. The van der Waals surface area contributed by atoms with Gasteiger partial charge in [-0.15, -0.1) is 0 Å². The molecule has 0 atom stereocenters. The minimum Gasteiger partial charge on any atom is -0.355 e. The number of fused-ring (bicyclic) bond motifs is 2. The van der Waals surface area contributed by atoms with Gasteiger partial charge < -0.3 is 15.3 Å². The maximum Gasteiger partial charge on any atom is 0.201 e. The predicted octanol–water partition coefficient (Wildman–Crippen LogP) is 3.23. The van der Waals surface area contributed by atoms with Gasteiger partial charge in [0.05, 0.1) is 22.1 Å². The summed E-state index contributed by atoms with van der Waals surface area (Å²) >= 11 is 0. The van der Waals surface area contributed by atoms with Gasteiger partial charge in [0.2, 0.25) is 5.95 Å². The Kier molecular flexibility index (Phi) is 3.00. The zero-order valence-electron chi connectivity index (χ0n) is 11.7. The molecular formula is C16H14FN5. The van der Waals surface area contributed by atoms with Crippen LogP contribution in [0.2, 0.25) is 0 Å². The SMILES string of the molecule is Fc1ccc2nc(CCNc3nc4ccccc4[nH]3)[nH]c2c1. The maximum absolute atomic E-state index is 13.1. The summed E-state index contributed by atoms with van der Waals surface area (Å²) in [7, 11) is 0. The maximum atomic E-state index is 13.1. The zero-order chi connectivity index (χ0) is 14.9. The van der Waals surface area contributed by atoms with E-state index < -0.39 is 0 Å². The third-order valence-corrected chi connectivity index (χ3v) is 3.54. The first-order valence-corrected chi connectivity index (χ1v) is 7.11. The van der Waals surface area contributed by atoms with Crippen LogP contribution in [0.25, 0.3) is 22.1 Å². The lowest BCUT2D eigenvalue weighted by molar-refractivity contribution is 0.629. The molecule has 0 radical (unpaired) electrons. The molecule has 0 amide bonds. The highest BCUT2D eigenvalue weighted by atomic mass is 19.1. The topological polar surface area (TPSA) is 69.4 Å². The first-order chi connectivity index (χ1) is 10.8. The number of nitrogens with zero attached hydrogens (tertiary/aromatic N) is 2. The largest absolute Gasteiger partial charge is 0.355 e. The van der Waals surface area contributed by atoms with Crippen LogP contribution in [-0.4, -0.2) is 26.5 Å². The molecule has 0 bridgehead atoms. The summed E-state index contributed by atoms with van der Waals surface area (Å²) < 4.78 is 13.1. The Morgan fingerprint density at radius 1 is 0.955 bits per heavy atom. The fourth-order valence-corrected chi connectivity index (χ4v) is 2.49. The Labute approximate surface area is 125 Å². The van der Waals surface area contributed by atoms with Gasteiger partial charge >= 0.3 is 0 Å². The lowest BCUT2D eigenvalue weighted by atomic mass is 10.3. The Bertz CT molecular complexity index is 907. The van der Waals surface area contributed by atoms with E-state index in [1.54, 1.807) is 6.07 Å². The standard InChI is InChI=1S/C16H14FN5/c17-10-5-6-13-14(9-10)20-15(19-13)7-8-18-16-21-11-3-1-2-4-12(11)22-16/h1-6,9H,7-8H2,(H,19,20)(H2,18,21,22). The van der Waals surface area contributed by atoms with E-state index in [-0.39, 0.29) is 5.82 Å². The van der Waals surface area contributed by atoms with Gasteiger partial charge in [-0.2, -0.15) is 0 Å². The molecule has 0 fully saturated rings. The highest BCUT2D eigenvalue weighted by Crippen LogP contribution is 2.15. The first-order valence-electron chi connectivity index (χ1n) is 7.11. The molecule has 6 heteroatoms. The molecule has 5 nitrogen and oxygen atoms in total. The second-order valence-electron chi connectivity index (χ2n) is 5.12. The summed E-state index contributed by atoms with van der Waals surface area (Å²) in [6, 6.07) is 12.4. The molecule has 2 heterocycles. The minimum absolute atomic E-state index is 0.261. The van der Waals surface area contributed by atoms with Gasteiger partial charge in [-0.3, -0.25) is 0 Å². The molecule has 0 aliphatic heterocycles. The highest BCUT2D eigenvalue weighted by molar-refractivity contribution is 5.77. The van der Waals surface area contributed by atoms with Gasteiger partial charge in [-0.1, -0.05) is 12.1 Å². The van der Waals surface area contributed by atoms with Crippen LogP contribution in [0.5, 0.6) is 0 Å². The number of hydrogen-bond donors (Lipinski definition) is 3. The number of hydrogen-bond acceptors (Lipinski definition) is 3. The van der Waals surface area contributed by atoms with Gasteiger partial charge in [0.25, 0.3) is 0 Å². The van der Waals surface area contributed by atoms with E-state index in [9.17, 15) is 4.39 Å². The average Bonchev–Trinajstić information content (AvgIpc) is 3.09. The van der Waals surface area contributed by atoms with Crippen molar-refractivity contribution in [3.63, 3.8) is 0 Å². The fraction of sp³-hybridized carbons (Fsp3) is 0.125. The minimum atomic E-state index is -0.261. The van der Waals surface area contributed by atoms with E-state index in [0.717, 1.165) is 33.8 Å². The normalized spacial score (nSPS) is 11.3. The van der Waals surface area contributed by atoms with Crippen LogP contribution in [0.15, 0.2) is 42.5 Å². The molecule has 22 heavy (non-hydrogen) atoms. The van der Waals surface area contributed by atoms with Crippen LogP contribution < -0.4 is 5.32 Å². The molecule has 2 aromatic heterocycles. The number of rotatable bonds is 4. The van der Waals surface area contributed by atoms with Crippen LogP contribution in [-0.2, 0) is 6.42 Å². The van der Waals surface area contributed by atoms with Crippen LogP contribution in [0, 0.1) is 5.82 Å². The molecule has 4 rings (SSSR count). The van der Waals surface area contributed by atoms with Gasteiger partial charge in [0, 0.05) is 13.0 Å². The Hall–Kier alpha value is -2.89. The third kappa shape index (κ3) is 2.39. The van der Waals surface area contributed by atoms with Gasteiger partial charge in [0.15, 0.2) is 0 Å². The smallest absolute Gasteiger partial charge is 0.201 e. The van der Waals surface area contributed by atoms with Crippen molar-refractivity contribution in [3.05, 3.63) is 54.1 Å². The zero-order valence-corrected chi connectivity index (χ0v) is 11.7. The number of benzene rings is 2. The summed E-state index contributed by atoms with van der Waals surface area (Å²) in [6.07, 6.45) is 0.702. The van der Waals surface area contributed by atoms with Crippen molar-refractivity contribution in [1.82, 2.24) is 19.9 Å². The van der Waals surface area contributed by atoms with E-state index >= 15 is 0 Å². The second kappa shape index (κ2) is 5.14. The van der Waals surface area contributed by atoms with Crippen LogP contribution in [0.3, 0.4) is 0 Å². The van der Waals surface area contributed by atoms with Crippen LogP contribution >= 0.6 is 0 Å². The van der Waals surface area contributed by atoms with E-state index in [0.29, 0.717) is 13.0 Å². The molecule has 4 aromatic rings. The van der Waals surface area contributed by atoms with Crippen molar-refractivity contribution in [2.45, 2.75) is 6.42 Å². The van der Waals surface area contributed by atoms with Crippen molar-refractivity contribution < 1.29 is 4.39 Å². The van der Waals surface area contributed by atoms with Crippen molar-refractivity contribution in [3.8, 4) is 0 Å². The van der Waals surface area contributed by atoms with Crippen molar-refractivity contribution in [1.29, 1.82) is 0 Å². The van der Waals surface area contributed by atoms with Gasteiger partial charge in [-0.05, 0) is 30.3 Å². The molecule has 0 aliphatic carbocycles. The first kappa shape index (κ1) is 12.8. The fourth-order valence-electron chi connectivity index (χ4n) is 2.49. The van der Waals surface area contributed by atoms with E-state index in [4.69, 9.17) is 0 Å². The lowest BCUT2D eigenvalue weighted by Gasteiger charge is -1.99. The number of nitrogens with one attached hydrogen (secondary N) is 3. The average molecular weight is 295 g/mol. The summed E-state index contributed by atoms with van der Waals surface area (Å²) in [5.74, 6) is 1.30. The molecule has 110 valence electrons. The number of H-pyrrole nitrogens is 2. The molecule has 0 saturated heterocycles. The highest BCUT2D eigenvalue weighted by Gasteiger charge is 2.05. The number of anilines is 1. The van der Waals surface area contributed by atoms with Crippen molar-refractivity contribution in [2.75, 3.05) is 11.9 Å². The molecule has 0 spiro atoms.